The number of piperazine rings is 1. The van der Waals surface area contributed by atoms with Crippen LogP contribution < -0.4 is 10.5 Å². The fraction of sp³-hybridized carbons (Fsp3) is 0.208. The number of rotatable bonds is 4. The van der Waals surface area contributed by atoms with Crippen LogP contribution in [0, 0.1) is 6.92 Å². The molecule has 2 aromatic heterocycles. The molecule has 10 heteroatoms. The van der Waals surface area contributed by atoms with Crippen molar-refractivity contribution in [1.29, 1.82) is 0 Å². The van der Waals surface area contributed by atoms with Gasteiger partial charge in [-0.2, -0.15) is 14.8 Å². The number of para-hydroxylation sites is 1. The lowest BCUT2D eigenvalue weighted by atomic mass is 10.1. The van der Waals surface area contributed by atoms with E-state index in [-0.39, 0.29) is 16.5 Å². The largest absolute Gasteiger partial charge is 0.365 e. The maximum atomic E-state index is 13.0. The molecule has 2 aromatic carbocycles. The van der Waals surface area contributed by atoms with Gasteiger partial charge in [0.2, 0.25) is 0 Å². The fourth-order valence-electron chi connectivity index (χ4n) is 3.90. The molecule has 0 unspecified atom stereocenters. The summed E-state index contributed by atoms with van der Waals surface area (Å²) in [5.74, 6) is 0.919. The van der Waals surface area contributed by atoms with Crippen LogP contribution in [0.5, 0.6) is 0 Å². The van der Waals surface area contributed by atoms with Crippen molar-refractivity contribution < 1.29 is 9.32 Å². The highest BCUT2D eigenvalue weighted by molar-refractivity contribution is 6.33. The summed E-state index contributed by atoms with van der Waals surface area (Å²) in [5.41, 5.74) is 2.19. The topological polar surface area (TPSA) is 97.4 Å². The molecule has 0 bridgehead atoms. The average molecular weight is 477 g/mol. The van der Waals surface area contributed by atoms with Crippen LogP contribution in [-0.2, 0) is 0 Å². The lowest BCUT2D eigenvalue weighted by Crippen LogP contribution is -2.49. The van der Waals surface area contributed by atoms with Gasteiger partial charge in [0.15, 0.2) is 5.82 Å². The van der Waals surface area contributed by atoms with Gasteiger partial charge in [-0.25, -0.2) is 0 Å². The van der Waals surface area contributed by atoms with E-state index in [1.165, 1.54) is 4.68 Å². The first-order valence-electron chi connectivity index (χ1n) is 10.8. The average Bonchev–Trinajstić information content (AvgIpc) is 3.32. The number of halogens is 1. The molecule has 3 heterocycles. The minimum absolute atomic E-state index is 0.0587. The van der Waals surface area contributed by atoms with Crippen LogP contribution in [-0.4, -0.2) is 56.9 Å². The van der Waals surface area contributed by atoms with Crippen LogP contribution in [0.15, 0.2) is 70.1 Å². The lowest BCUT2D eigenvalue weighted by Gasteiger charge is -2.36. The van der Waals surface area contributed by atoms with Gasteiger partial charge in [0.25, 0.3) is 17.4 Å². The van der Waals surface area contributed by atoms with Gasteiger partial charge in [-0.1, -0.05) is 35.0 Å². The molecule has 1 fully saturated rings. The zero-order chi connectivity index (χ0) is 23.7. The Bertz CT molecular complexity index is 1380. The molecule has 1 aliphatic rings. The number of aromatic nitrogens is 4. The molecule has 0 saturated carbocycles. The first-order valence-corrected chi connectivity index (χ1v) is 11.2. The van der Waals surface area contributed by atoms with Gasteiger partial charge in [-0.15, -0.1) is 0 Å². The van der Waals surface area contributed by atoms with Gasteiger partial charge < -0.3 is 14.3 Å². The van der Waals surface area contributed by atoms with Crippen molar-refractivity contribution in [2.75, 3.05) is 31.1 Å². The second-order valence-electron chi connectivity index (χ2n) is 7.90. The van der Waals surface area contributed by atoms with E-state index >= 15 is 0 Å². The molecular formula is C24H21ClN6O3. The number of amides is 1. The zero-order valence-electron chi connectivity index (χ0n) is 18.4. The van der Waals surface area contributed by atoms with Gasteiger partial charge >= 0.3 is 0 Å². The highest BCUT2D eigenvalue weighted by Crippen LogP contribution is 2.24. The normalized spacial score (nSPS) is 13.8. The lowest BCUT2D eigenvalue weighted by molar-refractivity contribution is 0.0747. The summed E-state index contributed by atoms with van der Waals surface area (Å²) in [6, 6.07) is 16.2. The number of carbonyl (C=O) groups excluding carboxylic acids is 1. The van der Waals surface area contributed by atoms with Crippen molar-refractivity contribution >= 4 is 23.2 Å². The van der Waals surface area contributed by atoms with E-state index in [2.05, 4.69) is 15.2 Å². The Labute approximate surface area is 200 Å². The summed E-state index contributed by atoms with van der Waals surface area (Å²) in [6.45, 7) is 3.84. The van der Waals surface area contributed by atoms with E-state index in [1.807, 2.05) is 23.1 Å². The summed E-state index contributed by atoms with van der Waals surface area (Å²) in [7, 11) is 0. The Hall–Kier alpha value is -3.98. The number of anilines is 1. The monoisotopic (exact) mass is 476 g/mol. The van der Waals surface area contributed by atoms with Crippen LogP contribution in [0.2, 0.25) is 5.02 Å². The minimum Gasteiger partial charge on any atom is -0.365 e. The summed E-state index contributed by atoms with van der Waals surface area (Å²) in [6.07, 6.45) is 1.60. The predicted molar refractivity (Wildman–Crippen MR) is 127 cm³/mol. The van der Waals surface area contributed by atoms with Gasteiger partial charge in [0, 0.05) is 37.3 Å². The highest BCUT2D eigenvalue weighted by atomic mass is 35.5. The van der Waals surface area contributed by atoms with Gasteiger partial charge in [0.1, 0.15) is 5.02 Å². The van der Waals surface area contributed by atoms with Crippen molar-refractivity contribution in [1.82, 2.24) is 24.8 Å². The third kappa shape index (κ3) is 4.17. The van der Waals surface area contributed by atoms with Crippen molar-refractivity contribution in [2.24, 2.45) is 0 Å². The molecule has 1 amide bonds. The molecule has 1 saturated heterocycles. The minimum atomic E-state index is -0.375. The predicted octanol–water partition coefficient (Wildman–Crippen LogP) is 3.21. The summed E-state index contributed by atoms with van der Waals surface area (Å²) < 4.78 is 6.45. The molecule has 172 valence electrons. The maximum Gasteiger partial charge on any atom is 0.292 e. The van der Waals surface area contributed by atoms with Crippen molar-refractivity contribution in [3.05, 3.63) is 87.6 Å². The molecule has 0 aliphatic carbocycles. The number of aryl methyl sites for hydroxylation is 1. The third-order valence-corrected chi connectivity index (χ3v) is 6.07. The van der Waals surface area contributed by atoms with Crippen LogP contribution in [0.1, 0.15) is 16.2 Å². The van der Waals surface area contributed by atoms with E-state index in [9.17, 15) is 9.59 Å². The Morgan fingerprint density at radius 3 is 2.35 bits per heavy atom. The van der Waals surface area contributed by atoms with E-state index in [0.29, 0.717) is 54.8 Å². The van der Waals surface area contributed by atoms with E-state index < -0.39 is 0 Å². The van der Waals surface area contributed by atoms with Crippen molar-refractivity contribution in [3.8, 4) is 17.1 Å². The molecule has 0 atom stereocenters. The second-order valence-corrected chi connectivity index (χ2v) is 8.28. The van der Waals surface area contributed by atoms with E-state index in [0.717, 1.165) is 5.56 Å². The first kappa shape index (κ1) is 21.8. The summed E-state index contributed by atoms with van der Waals surface area (Å²) >= 11 is 6.43. The Morgan fingerprint density at radius 2 is 1.71 bits per heavy atom. The molecule has 5 rings (SSSR count). The Morgan fingerprint density at radius 1 is 1.00 bits per heavy atom. The standard InChI is InChI=1S/C24H21ClN6O3/c1-16-27-22(34-28-16)17-7-9-18(10-8-17)23(32)30-13-11-29(12-14-30)20-15-26-31(24(33)21(20)25)19-5-3-2-4-6-19/h2-10,15H,11-14H2,1H3. The van der Waals surface area contributed by atoms with Gasteiger partial charge in [0.05, 0.1) is 17.6 Å². The van der Waals surface area contributed by atoms with Crippen LogP contribution in [0.25, 0.3) is 17.1 Å². The second kappa shape index (κ2) is 9.11. The van der Waals surface area contributed by atoms with Crippen LogP contribution >= 0.6 is 11.6 Å². The van der Waals surface area contributed by atoms with Gasteiger partial charge in [-0.05, 0) is 43.3 Å². The van der Waals surface area contributed by atoms with Crippen molar-refractivity contribution in [3.63, 3.8) is 0 Å². The number of benzene rings is 2. The van der Waals surface area contributed by atoms with Crippen LogP contribution in [0.4, 0.5) is 5.69 Å². The Kier molecular flexibility index (Phi) is 5.85. The molecule has 9 nitrogen and oxygen atoms in total. The summed E-state index contributed by atoms with van der Waals surface area (Å²) in [5, 5.41) is 8.20. The Balaban J connectivity index is 1.26. The quantitative estimate of drug-likeness (QED) is 0.446. The molecule has 0 N–H and O–H groups in total. The highest BCUT2D eigenvalue weighted by Gasteiger charge is 2.25. The molecular weight excluding hydrogens is 456 g/mol. The van der Waals surface area contributed by atoms with E-state index in [4.69, 9.17) is 16.1 Å². The summed E-state index contributed by atoms with van der Waals surface area (Å²) in [4.78, 5) is 33.7. The smallest absolute Gasteiger partial charge is 0.292 e. The SMILES string of the molecule is Cc1noc(-c2ccc(C(=O)N3CCN(c4cnn(-c5ccccc5)c(=O)c4Cl)CC3)cc2)n1. The first-order chi connectivity index (χ1) is 16.5. The van der Waals surface area contributed by atoms with E-state index in [1.54, 1.807) is 54.4 Å². The number of hydrogen-bond acceptors (Lipinski definition) is 7. The molecule has 0 radical (unpaired) electrons. The van der Waals surface area contributed by atoms with Gasteiger partial charge in [-0.3, -0.25) is 9.59 Å². The molecule has 1 aliphatic heterocycles. The molecule has 0 spiro atoms. The van der Waals surface area contributed by atoms with Crippen molar-refractivity contribution in [2.45, 2.75) is 6.92 Å². The fourth-order valence-corrected chi connectivity index (χ4v) is 4.15. The number of nitrogens with zero attached hydrogens (tertiary/aromatic N) is 6. The zero-order valence-corrected chi connectivity index (χ0v) is 19.1. The third-order valence-electron chi connectivity index (χ3n) is 5.72. The number of carbonyl (C=O) groups is 1. The van der Waals surface area contributed by atoms with Crippen LogP contribution in [0.3, 0.4) is 0 Å². The molecule has 4 aromatic rings. The maximum absolute atomic E-state index is 13.0. The molecule has 34 heavy (non-hydrogen) atoms. The number of hydrogen-bond donors (Lipinski definition) is 0.